The minimum Gasteiger partial charge on any atom is -0.352 e. The van der Waals surface area contributed by atoms with Gasteiger partial charge in [-0.2, -0.15) is 0 Å². The zero-order chi connectivity index (χ0) is 23.6. The topological polar surface area (TPSA) is 78.5 Å². The Balaban J connectivity index is 1.68. The van der Waals surface area contributed by atoms with Crippen LogP contribution >= 0.6 is 11.6 Å². The van der Waals surface area contributed by atoms with Gasteiger partial charge in [-0.1, -0.05) is 66.2 Å². The number of nitrogens with one attached hydrogen (secondary N) is 2. The van der Waals surface area contributed by atoms with Crippen molar-refractivity contribution in [2.24, 2.45) is 5.92 Å². The second-order valence-electron chi connectivity index (χ2n) is 8.30. The van der Waals surface area contributed by atoms with Crippen LogP contribution in [0.1, 0.15) is 42.9 Å². The van der Waals surface area contributed by atoms with Crippen molar-refractivity contribution in [3.8, 4) is 0 Å². The second kappa shape index (κ2) is 12.2. The Hall–Kier alpha value is -3.12. The van der Waals surface area contributed by atoms with Crippen molar-refractivity contribution in [3.05, 3.63) is 82.9 Å². The number of carbonyl (C=O) groups is 3. The van der Waals surface area contributed by atoms with Crippen molar-refractivity contribution < 1.29 is 14.4 Å². The molecule has 0 fully saturated rings. The monoisotopic (exact) mass is 467 g/mol. The molecule has 0 unspecified atom stereocenters. The van der Waals surface area contributed by atoms with Gasteiger partial charge in [0.05, 0.1) is 12.0 Å². The quantitative estimate of drug-likeness (QED) is 0.652. The highest BCUT2D eigenvalue weighted by atomic mass is 35.5. The van der Waals surface area contributed by atoms with E-state index in [0.29, 0.717) is 37.4 Å². The molecule has 1 heterocycles. The molecular formula is C26H30ClN3O3. The van der Waals surface area contributed by atoms with Gasteiger partial charge in [0.15, 0.2) is 0 Å². The molecule has 1 aliphatic heterocycles. The summed E-state index contributed by atoms with van der Waals surface area (Å²) in [4.78, 5) is 39.9. The van der Waals surface area contributed by atoms with Crippen LogP contribution < -0.4 is 10.6 Å². The van der Waals surface area contributed by atoms with Crippen LogP contribution in [0.25, 0.3) is 0 Å². The van der Waals surface area contributed by atoms with E-state index >= 15 is 0 Å². The third kappa shape index (κ3) is 7.75. The predicted octanol–water partition coefficient (Wildman–Crippen LogP) is 4.02. The van der Waals surface area contributed by atoms with Crippen molar-refractivity contribution in [2.75, 3.05) is 13.6 Å². The van der Waals surface area contributed by atoms with Gasteiger partial charge in [0, 0.05) is 38.0 Å². The van der Waals surface area contributed by atoms with Crippen LogP contribution in [0.3, 0.4) is 0 Å². The van der Waals surface area contributed by atoms with Gasteiger partial charge in [-0.15, -0.1) is 0 Å². The molecule has 2 aromatic rings. The van der Waals surface area contributed by atoms with Crippen molar-refractivity contribution in [1.29, 1.82) is 0 Å². The zero-order valence-electron chi connectivity index (χ0n) is 18.8. The van der Waals surface area contributed by atoms with Gasteiger partial charge in [-0.25, -0.2) is 0 Å². The van der Waals surface area contributed by atoms with Gasteiger partial charge in [-0.05, 0) is 36.1 Å². The summed E-state index contributed by atoms with van der Waals surface area (Å²) in [5.74, 6) is -0.807. The first-order valence-corrected chi connectivity index (χ1v) is 11.6. The molecule has 174 valence electrons. The number of allylic oxidation sites excluding steroid dienone is 2. The lowest BCUT2D eigenvalue weighted by atomic mass is 9.97. The van der Waals surface area contributed by atoms with Gasteiger partial charge in [0.25, 0.3) is 0 Å². The molecule has 0 aromatic heterocycles. The predicted molar refractivity (Wildman–Crippen MR) is 129 cm³/mol. The van der Waals surface area contributed by atoms with Crippen molar-refractivity contribution in [2.45, 2.75) is 38.3 Å². The number of benzene rings is 2. The number of likely N-dealkylation sites (N-methyl/N-ethyl adjacent to an activating group) is 1. The lowest BCUT2D eigenvalue weighted by molar-refractivity contribution is -0.137. The summed E-state index contributed by atoms with van der Waals surface area (Å²) in [6, 6.07) is 16.6. The second-order valence-corrected chi connectivity index (χ2v) is 8.74. The number of hydrogen-bond donors (Lipinski definition) is 2. The molecule has 0 radical (unpaired) electrons. The molecule has 2 N–H and O–H groups in total. The van der Waals surface area contributed by atoms with Crippen LogP contribution in [-0.2, 0) is 20.9 Å². The van der Waals surface area contributed by atoms with E-state index in [1.165, 1.54) is 0 Å². The van der Waals surface area contributed by atoms with Gasteiger partial charge in [0.2, 0.25) is 17.7 Å². The van der Waals surface area contributed by atoms with E-state index in [9.17, 15) is 14.4 Å². The molecular weight excluding hydrogens is 438 g/mol. The fourth-order valence-electron chi connectivity index (χ4n) is 3.82. The molecule has 0 saturated heterocycles. The normalized spacial score (nSPS) is 20.8. The Morgan fingerprint density at radius 3 is 2.55 bits per heavy atom. The minimum atomic E-state index is -0.469. The average molecular weight is 468 g/mol. The van der Waals surface area contributed by atoms with Gasteiger partial charge in [-0.3, -0.25) is 14.4 Å². The summed E-state index contributed by atoms with van der Waals surface area (Å²) >= 11 is 5.91. The minimum absolute atomic E-state index is 0.0481. The molecule has 0 bridgehead atoms. The van der Waals surface area contributed by atoms with Crippen LogP contribution in [0.5, 0.6) is 0 Å². The van der Waals surface area contributed by atoms with E-state index in [2.05, 4.69) is 10.6 Å². The Morgan fingerprint density at radius 2 is 1.82 bits per heavy atom. The van der Waals surface area contributed by atoms with Crippen molar-refractivity contribution in [3.63, 3.8) is 0 Å². The smallest absolute Gasteiger partial charge is 0.226 e. The third-order valence-corrected chi connectivity index (χ3v) is 5.93. The van der Waals surface area contributed by atoms with Gasteiger partial charge in [0.1, 0.15) is 0 Å². The maximum atomic E-state index is 13.3. The highest BCUT2D eigenvalue weighted by molar-refractivity contribution is 6.30. The van der Waals surface area contributed by atoms with E-state index < -0.39 is 5.92 Å². The fourth-order valence-corrected chi connectivity index (χ4v) is 3.95. The molecule has 0 saturated carbocycles. The van der Waals surface area contributed by atoms with Crippen LogP contribution in [0.15, 0.2) is 66.7 Å². The maximum absolute atomic E-state index is 13.3. The van der Waals surface area contributed by atoms with E-state index in [0.717, 1.165) is 11.1 Å². The summed E-state index contributed by atoms with van der Waals surface area (Å²) in [6.07, 6.45) is 5.33. The van der Waals surface area contributed by atoms with E-state index in [4.69, 9.17) is 11.6 Å². The first-order chi connectivity index (χ1) is 15.9. The van der Waals surface area contributed by atoms with Crippen LogP contribution in [-0.4, -0.2) is 36.2 Å². The summed E-state index contributed by atoms with van der Waals surface area (Å²) in [5, 5.41) is 6.58. The number of rotatable bonds is 5. The molecule has 0 aliphatic carbocycles. The zero-order valence-corrected chi connectivity index (χ0v) is 19.6. The summed E-state index contributed by atoms with van der Waals surface area (Å²) < 4.78 is 0. The van der Waals surface area contributed by atoms with Crippen LogP contribution in [0.2, 0.25) is 5.02 Å². The molecule has 1 aliphatic rings. The molecule has 3 amide bonds. The van der Waals surface area contributed by atoms with Crippen molar-refractivity contribution in [1.82, 2.24) is 15.5 Å². The largest absolute Gasteiger partial charge is 0.352 e. The van der Waals surface area contributed by atoms with Crippen LogP contribution in [0, 0.1) is 5.92 Å². The third-order valence-electron chi connectivity index (χ3n) is 5.68. The molecule has 6 nitrogen and oxygen atoms in total. The highest BCUT2D eigenvalue weighted by Gasteiger charge is 2.27. The van der Waals surface area contributed by atoms with Gasteiger partial charge >= 0.3 is 0 Å². The Kier molecular flexibility index (Phi) is 9.07. The number of carbonyl (C=O) groups excluding carboxylic acids is 3. The Labute approximate surface area is 200 Å². The Bertz CT molecular complexity index is 976. The molecule has 3 rings (SSSR count). The number of amides is 3. The van der Waals surface area contributed by atoms with Gasteiger partial charge < -0.3 is 15.5 Å². The standard InChI is InChI=1S/C26H30ClN3O3/c1-30-18-23(20-8-4-2-5-9-20)29-24(31)11-7-3-6-10-21(26(30)33)16-25(32)28-17-19-12-14-22(27)15-13-19/h2-6,8-9,12-15,21,23H,7,10-11,16-18H2,1H3,(H,28,32)(H,29,31)/b6-3+/t21-,23-/m0/s1. The highest BCUT2D eigenvalue weighted by Crippen LogP contribution is 2.19. The average Bonchev–Trinajstić information content (AvgIpc) is 2.81. The first-order valence-electron chi connectivity index (χ1n) is 11.2. The number of nitrogens with zero attached hydrogens (tertiary/aromatic N) is 1. The lowest BCUT2D eigenvalue weighted by Gasteiger charge is -2.28. The number of hydrogen-bond acceptors (Lipinski definition) is 3. The molecule has 33 heavy (non-hydrogen) atoms. The lowest BCUT2D eigenvalue weighted by Crippen LogP contribution is -2.42. The molecule has 2 aromatic carbocycles. The van der Waals surface area contributed by atoms with E-state index in [-0.39, 0.29) is 30.2 Å². The van der Waals surface area contributed by atoms with Crippen LogP contribution in [0.4, 0.5) is 0 Å². The molecule has 2 atom stereocenters. The number of halogens is 1. The SMILES string of the molecule is CN1C[C@@H](c2ccccc2)NC(=O)CC/C=C/C[C@@H](CC(=O)NCc2ccc(Cl)cc2)C1=O. The van der Waals surface area contributed by atoms with E-state index in [1.807, 2.05) is 54.6 Å². The Morgan fingerprint density at radius 1 is 1.09 bits per heavy atom. The summed E-state index contributed by atoms with van der Waals surface area (Å²) in [6.45, 7) is 0.714. The molecule has 0 spiro atoms. The summed E-state index contributed by atoms with van der Waals surface area (Å²) in [7, 11) is 1.72. The van der Waals surface area contributed by atoms with E-state index in [1.54, 1.807) is 24.1 Å². The fraction of sp³-hybridized carbons (Fsp3) is 0.346. The van der Waals surface area contributed by atoms with Crippen molar-refractivity contribution >= 4 is 29.3 Å². The molecule has 7 heteroatoms. The maximum Gasteiger partial charge on any atom is 0.226 e. The first kappa shape index (κ1) is 24.5. The summed E-state index contributed by atoms with van der Waals surface area (Å²) in [5.41, 5.74) is 1.88.